The molecule has 4 nitrogen and oxygen atoms in total. The molecular formula is C14H19F3N2O2. The molecule has 0 aliphatic heterocycles. The molecule has 0 bridgehead atoms. The number of nitrogens with one attached hydrogen (secondary N) is 1. The maximum atomic E-state index is 12.1. The van der Waals surface area contributed by atoms with E-state index in [1.165, 1.54) is 0 Å². The fraction of sp³-hybridized carbons (Fsp3) is 0.500. The summed E-state index contributed by atoms with van der Waals surface area (Å²) in [6.45, 7) is 0.673. The monoisotopic (exact) mass is 304 g/mol. The van der Waals surface area contributed by atoms with Gasteiger partial charge in [0.05, 0.1) is 13.2 Å². The van der Waals surface area contributed by atoms with E-state index < -0.39 is 24.7 Å². The fourth-order valence-electron chi connectivity index (χ4n) is 1.73. The molecule has 0 radical (unpaired) electrons. The molecule has 0 fully saturated rings. The number of alkyl halides is 3. The molecule has 1 aromatic rings. The fourth-order valence-corrected chi connectivity index (χ4v) is 1.73. The second kappa shape index (κ2) is 7.31. The van der Waals surface area contributed by atoms with Gasteiger partial charge in [0.15, 0.2) is 0 Å². The topological polar surface area (TPSA) is 41.6 Å². The van der Waals surface area contributed by atoms with Crippen molar-refractivity contribution >= 4 is 5.91 Å². The summed E-state index contributed by atoms with van der Waals surface area (Å²) in [7, 11) is 3.23. The van der Waals surface area contributed by atoms with Crippen LogP contribution in [0.3, 0.4) is 0 Å². The lowest BCUT2D eigenvalue weighted by Gasteiger charge is -2.24. The Morgan fingerprint density at radius 3 is 2.67 bits per heavy atom. The summed E-state index contributed by atoms with van der Waals surface area (Å²) in [5.74, 6) is 0.0350. The normalized spacial score (nSPS) is 13.1. The van der Waals surface area contributed by atoms with Crippen LogP contribution in [0.4, 0.5) is 13.2 Å². The van der Waals surface area contributed by atoms with Gasteiger partial charge in [-0.1, -0.05) is 12.1 Å². The Morgan fingerprint density at radius 1 is 1.43 bits per heavy atom. The number of rotatable bonds is 6. The Balaban J connectivity index is 2.57. The van der Waals surface area contributed by atoms with Crippen LogP contribution in [-0.2, 0) is 11.3 Å². The Hall–Kier alpha value is -1.76. The van der Waals surface area contributed by atoms with Crippen LogP contribution in [0.2, 0.25) is 0 Å². The van der Waals surface area contributed by atoms with Crippen molar-refractivity contribution in [1.29, 1.82) is 0 Å². The maximum absolute atomic E-state index is 12.1. The lowest BCUT2D eigenvalue weighted by Crippen LogP contribution is -2.45. The zero-order valence-electron chi connectivity index (χ0n) is 12.2. The van der Waals surface area contributed by atoms with Gasteiger partial charge in [0.2, 0.25) is 5.91 Å². The number of amides is 1. The van der Waals surface area contributed by atoms with E-state index in [1.54, 1.807) is 32.0 Å². The third kappa shape index (κ3) is 6.03. The SMILES string of the molecule is COc1cccc(CN(C)C(C)C(=O)NCC(F)(F)F)c1. The highest BCUT2D eigenvalue weighted by Gasteiger charge is 2.29. The van der Waals surface area contributed by atoms with Crippen LogP contribution in [0.1, 0.15) is 12.5 Å². The number of halogens is 3. The highest BCUT2D eigenvalue weighted by atomic mass is 19.4. The number of methoxy groups -OCH3 is 1. The van der Waals surface area contributed by atoms with E-state index in [-0.39, 0.29) is 0 Å². The first kappa shape index (κ1) is 17.3. The van der Waals surface area contributed by atoms with E-state index in [1.807, 2.05) is 23.5 Å². The molecule has 1 amide bonds. The molecule has 1 atom stereocenters. The molecule has 1 aromatic carbocycles. The van der Waals surface area contributed by atoms with Gasteiger partial charge in [-0.15, -0.1) is 0 Å². The minimum atomic E-state index is -4.40. The Labute approximate surface area is 121 Å². The Bertz CT molecular complexity index is 478. The van der Waals surface area contributed by atoms with E-state index in [4.69, 9.17) is 4.74 Å². The first-order chi connectivity index (χ1) is 9.73. The average molecular weight is 304 g/mol. The molecule has 0 spiro atoms. The van der Waals surface area contributed by atoms with Gasteiger partial charge >= 0.3 is 6.18 Å². The minimum Gasteiger partial charge on any atom is -0.497 e. The molecule has 118 valence electrons. The zero-order chi connectivity index (χ0) is 16.0. The maximum Gasteiger partial charge on any atom is 0.405 e. The zero-order valence-corrected chi connectivity index (χ0v) is 12.2. The third-order valence-electron chi connectivity index (χ3n) is 3.07. The number of carbonyl (C=O) groups is 1. The smallest absolute Gasteiger partial charge is 0.405 e. The van der Waals surface area contributed by atoms with Gasteiger partial charge < -0.3 is 10.1 Å². The van der Waals surface area contributed by atoms with Gasteiger partial charge in [-0.2, -0.15) is 13.2 Å². The lowest BCUT2D eigenvalue weighted by molar-refractivity contribution is -0.141. The van der Waals surface area contributed by atoms with Crippen molar-refractivity contribution in [2.45, 2.75) is 25.7 Å². The summed E-state index contributed by atoms with van der Waals surface area (Å²) < 4.78 is 41.3. The van der Waals surface area contributed by atoms with Crippen molar-refractivity contribution in [3.63, 3.8) is 0 Å². The van der Waals surface area contributed by atoms with Crippen molar-refractivity contribution in [2.75, 3.05) is 20.7 Å². The summed E-state index contributed by atoms with van der Waals surface area (Å²) in [5, 5.41) is 1.88. The van der Waals surface area contributed by atoms with E-state index in [9.17, 15) is 18.0 Å². The Morgan fingerprint density at radius 2 is 2.10 bits per heavy atom. The van der Waals surface area contributed by atoms with Crippen LogP contribution in [0.5, 0.6) is 5.75 Å². The summed E-state index contributed by atoms with van der Waals surface area (Å²) >= 11 is 0. The van der Waals surface area contributed by atoms with Crippen LogP contribution >= 0.6 is 0 Å². The predicted molar refractivity (Wildman–Crippen MR) is 73.0 cm³/mol. The first-order valence-corrected chi connectivity index (χ1v) is 6.40. The van der Waals surface area contributed by atoms with Crippen molar-refractivity contribution in [3.8, 4) is 5.75 Å². The second-order valence-corrected chi connectivity index (χ2v) is 4.78. The lowest BCUT2D eigenvalue weighted by atomic mass is 10.1. The van der Waals surface area contributed by atoms with Gasteiger partial charge in [-0.05, 0) is 31.7 Å². The number of nitrogens with zero attached hydrogens (tertiary/aromatic N) is 1. The number of hydrogen-bond acceptors (Lipinski definition) is 3. The molecule has 0 aliphatic carbocycles. The molecule has 0 saturated heterocycles. The van der Waals surface area contributed by atoms with Crippen LogP contribution < -0.4 is 10.1 Å². The van der Waals surface area contributed by atoms with Gasteiger partial charge in [-0.3, -0.25) is 9.69 Å². The summed E-state index contributed by atoms with van der Waals surface area (Å²) in [6, 6.07) is 6.62. The van der Waals surface area contributed by atoms with Crippen molar-refractivity contribution in [3.05, 3.63) is 29.8 Å². The summed E-state index contributed by atoms with van der Waals surface area (Å²) in [5.41, 5.74) is 0.910. The van der Waals surface area contributed by atoms with Crippen LogP contribution in [-0.4, -0.2) is 43.7 Å². The molecule has 1 N–H and O–H groups in total. The molecule has 0 saturated carbocycles. The van der Waals surface area contributed by atoms with Crippen LogP contribution in [0.25, 0.3) is 0 Å². The van der Waals surface area contributed by atoms with Gasteiger partial charge in [0.1, 0.15) is 12.3 Å². The molecule has 1 rings (SSSR count). The largest absolute Gasteiger partial charge is 0.497 e. The van der Waals surface area contributed by atoms with Crippen molar-refractivity contribution in [2.24, 2.45) is 0 Å². The molecule has 0 aromatic heterocycles. The van der Waals surface area contributed by atoms with Crippen LogP contribution in [0, 0.1) is 0 Å². The summed E-state index contributed by atoms with van der Waals surface area (Å²) in [4.78, 5) is 13.3. The van der Waals surface area contributed by atoms with Crippen LogP contribution in [0.15, 0.2) is 24.3 Å². The highest BCUT2D eigenvalue weighted by Crippen LogP contribution is 2.15. The third-order valence-corrected chi connectivity index (χ3v) is 3.07. The number of likely N-dealkylation sites (N-methyl/N-ethyl adjacent to an activating group) is 1. The molecule has 7 heteroatoms. The molecule has 1 unspecified atom stereocenters. The number of ether oxygens (including phenoxy) is 1. The average Bonchev–Trinajstić information content (AvgIpc) is 2.43. The molecule has 0 heterocycles. The molecule has 21 heavy (non-hydrogen) atoms. The quantitative estimate of drug-likeness (QED) is 0.876. The Kier molecular flexibility index (Phi) is 6.02. The van der Waals surface area contributed by atoms with Gasteiger partial charge in [0, 0.05) is 6.54 Å². The predicted octanol–water partition coefficient (Wildman–Crippen LogP) is 2.19. The van der Waals surface area contributed by atoms with Gasteiger partial charge in [0.25, 0.3) is 0 Å². The molecular weight excluding hydrogens is 285 g/mol. The molecule has 0 aliphatic rings. The van der Waals surface area contributed by atoms with E-state index >= 15 is 0 Å². The second-order valence-electron chi connectivity index (χ2n) is 4.78. The minimum absolute atomic E-state index is 0.428. The highest BCUT2D eigenvalue weighted by molar-refractivity contribution is 5.81. The van der Waals surface area contributed by atoms with E-state index in [2.05, 4.69) is 0 Å². The van der Waals surface area contributed by atoms with Crippen molar-refractivity contribution < 1.29 is 22.7 Å². The number of benzene rings is 1. The van der Waals surface area contributed by atoms with E-state index in [0.717, 1.165) is 5.56 Å². The van der Waals surface area contributed by atoms with Gasteiger partial charge in [-0.25, -0.2) is 0 Å². The summed E-state index contributed by atoms with van der Waals surface area (Å²) in [6.07, 6.45) is -4.40. The van der Waals surface area contributed by atoms with Crippen molar-refractivity contribution in [1.82, 2.24) is 10.2 Å². The number of carbonyl (C=O) groups excluding carboxylic acids is 1. The number of hydrogen-bond donors (Lipinski definition) is 1. The first-order valence-electron chi connectivity index (χ1n) is 6.40. The van der Waals surface area contributed by atoms with E-state index in [0.29, 0.717) is 12.3 Å². The standard InChI is InChI=1S/C14H19F3N2O2/c1-10(13(20)18-9-14(15,16)17)19(2)8-11-5-4-6-12(7-11)21-3/h4-7,10H,8-9H2,1-3H3,(H,18,20).